The maximum absolute atomic E-state index is 5.56. The lowest BCUT2D eigenvalue weighted by Crippen LogP contribution is -2.02. The van der Waals surface area contributed by atoms with E-state index in [0.717, 1.165) is 27.2 Å². The normalized spacial score (nSPS) is 10.9. The van der Waals surface area contributed by atoms with Gasteiger partial charge in [-0.25, -0.2) is 4.98 Å². The average molecular weight is 327 g/mol. The van der Waals surface area contributed by atoms with E-state index in [4.69, 9.17) is 10.2 Å². The van der Waals surface area contributed by atoms with Gasteiger partial charge in [-0.2, -0.15) is 0 Å². The highest BCUT2D eigenvalue weighted by atomic mass is 79.9. The summed E-state index contributed by atoms with van der Waals surface area (Å²) in [6.45, 7) is 4.53. The first kappa shape index (κ1) is 13.6. The van der Waals surface area contributed by atoms with Crippen molar-refractivity contribution in [2.45, 2.75) is 30.4 Å². The Morgan fingerprint density at radius 1 is 1.39 bits per heavy atom. The SMILES string of the molecule is Cc1nc(Sc2ccc(CCN)cc2Br)oc1C. The predicted molar refractivity (Wildman–Crippen MR) is 77.0 cm³/mol. The van der Waals surface area contributed by atoms with E-state index in [9.17, 15) is 0 Å². The summed E-state index contributed by atoms with van der Waals surface area (Å²) in [5.41, 5.74) is 7.71. The smallest absolute Gasteiger partial charge is 0.261 e. The number of oxazole rings is 1. The summed E-state index contributed by atoms with van der Waals surface area (Å²) in [4.78, 5) is 5.46. The maximum Gasteiger partial charge on any atom is 0.261 e. The largest absolute Gasteiger partial charge is 0.436 e. The van der Waals surface area contributed by atoms with Gasteiger partial charge in [0.1, 0.15) is 5.76 Å². The Hall–Kier alpha value is -0.780. The molecule has 0 amide bonds. The molecule has 0 fully saturated rings. The maximum atomic E-state index is 5.56. The highest BCUT2D eigenvalue weighted by molar-refractivity contribution is 9.10. The lowest BCUT2D eigenvalue weighted by Gasteiger charge is -2.04. The van der Waals surface area contributed by atoms with Gasteiger partial charge >= 0.3 is 0 Å². The second-order valence-electron chi connectivity index (χ2n) is 4.03. The van der Waals surface area contributed by atoms with Crippen LogP contribution in [-0.2, 0) is 6.42 Å². The molecule has 18 heavy (non-hydrogen) atoms. The van der Waals surface area contributed by atoms with Crippen LogP contribution in [0.1, 0.15) is 17.0 Å². The van der Waals surface area contributed by atoms with Gasteiger partial charge in [0.15, 0.2) is 0 Å². The van der Waals surface area contributed by atoms with Gasteiger partial charge in [-0.1, -0.05) is 6.07 Å². The number of hydrogen-bond acceptors (Lipinski definition) is 4. The van der Waals surface area contributed by atoms with Crippen molar-refractivity contribution >= 4 is 27.7 Å². The van der Waals surface area contributed by atoms with E-state index in [1.807, 2.05) is 13.8 Å². The standard InChI is InChI=1S/C13H15BrN2OS/c1-8-9(2)17-13(16-8)18-12-4-3-10(5-6-15)7-11(12)14/h3-4,7H,5-6,15H2,1-2H3. The molecule has 0 unspecified atom stereocenters. The molecule has 1 aromatic heterocycles. The van der Waals surface area contributed by atoms with Crippen molar-refractivity contribution in [1.29, 1.82) is 0 Å². The zero-order valence-corrected chi connectivity index (χ0v) is 12.8. The second kappa shape index (κ2) is 5.91. The van der Waals surface area contributed by atoms with Crippen LogP contribution in [0.2, 0.25) is 0 Å². The summed E-state index contributed by atoms with van der Waals surface area (Å²) in [6.07, 6.45) is 0.890. The van der Waals surface area contributed by atoms with E-state index in [1.54, 1.807) is 0 Å². The Labute approximate surface area is 119 Å². The quantitative estimate of drug-likeness (QED) is 0.930. The number of aryl methyl sites for hydroxylation is 2. The Bertz CT molecular complexity index is 534. The number of nitrogens with zero attached hydrogens (tertiary/aromatic N) is 1. The summed E-state index contributed by atoms with van der Waals surface area (Å²) in [7, 11) is 0. The highest BCUT2D eigenvalue weighted by Gasteiger charge is 2.10. The molecular formula is C13H15BrN2OS. The lowest BCUT2D eigenvalue weighted by atomic mass is 10.2. The van der Waals surface area contributed by atoms with Gasteiger partial charge in [-0.05, 0) is 72.2 Å². The molecule has 0 saturated carbocycles. The molecule has 0 bridgehead atoms. The minimum absolute atomic E-state index is 0.664. The number of halogens is 1. The molecule has 2 N–H and O–H groups in total. The van der Waals surface area contributed by atoms with Gasteiger partial charge in [0.2, 0.25) is 0 Å². The minimum atomic E-state index is 0.664. The van der Waals surface area contributed by atoms with Crippen LogP contribution in [-0.4, -0.2) is 11.5 Å². The summed E-state index contributed by atoms with van der Waals surface area (Å²) in [5, 5.41) is 0.678. The summed E-state index contributed by atoms with van der Waals surface area (Å²) >= 11 is 5.09. The first-order valence-corrected chi connectivity index (χ1v) is 7.31. The van der Waals surface area contributed by atoms with Crippen molar-refractivity contribution in [1.82, 2.24) is 4.98 Å². The molecular weight excluding hydrogens is 312 g/mol. The van der Waals surface area contributed by atoms with Crippen molar-refractivity contribution in [2.24, 2.45) is 5.73 Å². The van der Waals surface area contributed by atoms with Crippen LogP contribution in [0.4, 0.5) is 0 Å². The summed E-state index contributed by atoms with van der Waals surface area (Å²) < 4.78 is 6.61. The molecule has 0 aliphatic heterocycles. The molecule has 0 spiro atoms. The molecule has 2 rings (SSSR count). The first-order chi connectivity index (χ1) is 8.60. The monoisotopic (exact) mass is 326 g/mol. The number of rotatable bonds is 4. The van der Waals surface area contributed by atoms with E-state index in [2.05, 4.69) is 39.1 Å². The molecule has 3 nitrogen and oxygen atoms in total. The van der Waals surface area contributed by atoms with Crippen molar-refractivity contribution < 1.29 is 4.42 Å². The third-order valence-corrected chi connectivity index (χ3v) is 4.48. The van der Waals surface area contributed by atoms with Gasteiger partial charge in [0, 0.05) is 9.37 Å². The third-order valence-electron chi connectivity index (χ3n) is 2.64. The topological polar surface area (TPSA) is 52.0 Å². The van der Waals surface area contributed by atoms with Gasteiger partial charge in [0.05, 0.1) is 5.69 Å². The zero-order valence-electron chi connectivity index (χ0n) is 10.4. The molecule has 0 radical (unpaired) electrons. The van der Waals surface area contributed by atoms with Gasteiger partial charge in [-0.15, -0.1) is 0 Å². The Morgan fingerprint density at radius 3 is 2.72 bits per heavy atom. The Balaban J connectivity index is 2.19. The van der Waals surface area contributed by atoms with E-state index in [1.165, 1.54) is 17.3 Å². The fourth-order valence-corrected chi connectivity index (χ4v) is 3.03. The second-order valence-corrected chi connectivity index (χ2v) is 5.87. The first-order valence-electron chi connectivity index (χ1n) is 5.70. The molecule has 96 valence electrons. The van der Waals surface area contributed by atoms with Crippen molar-refractivity contribution in [3.8, 4) is 0 Å². The molecule has 0 saturated heterocycles. The number of nitrogens with two attached hydrogens (primary N) is 1. The number of aromatic nitrogens is 1. The Morgan fingerprint density at radius 2 is 2.17 bits per heavy atom. The van der Waals surface area contributed by atoms with Gasteiger partial charge in [0.25, 0.3) is 5.22 Å². The lowest BCUT2D eigenvalue weighted by molar-refractivity contribution is 0.431. The molecule has 0 atom stereocenters. The van der Waals surface area contributed by atoms with Crippen LogP contribution >= 0.6 is 27.7 Å². The molecule has 1 aromatic carbocycles. The van der Waals surface area contributed by atoms with E-state index in [-0.39, 0.29) is 0 Å². The van der Waals surface area contributed by atoms with Crippen LogP contribution < -0.4 is 5.73 Å². The fourth-order valence-electron chi connectivity index (χ4n) is 1.53. The van der Waals surface area contributed by atoms with E-state index < -0.39 is 0 Å². The molecule has 0 aliphatic rings. The molecule has 1 heterocycles. The van der Waals surface area contributed by atoms with Crippen LogP contribution in [0.25, 0.3) is 0 Å². The van der Waals surface area contributed by atoms with E-state index >= 15 is 0 Å². The van der Waals surface area contributed by atoms with Crippen LogP contribution in [0.15, 0.2) is 37.2 Å². The fraction of sp³-hybridized carbons (Fsp3) is 0.308. The summed E-state index contributed by atoms with van der Waals surface area (Å²) in [5.74, 6) is 0.869. The number of hydrogen-bond donors (Lipinski definition) is 1. The van der Waals surface area contributed by atoms with Gasteiger partial charge in [-0.3, -0.25) is 0 Å². The summed E-state index contributed by atoms with van der Waals surface area (Å²) in [6, 6.07) is 6.25. The highest BCUT2D eigenvalue weighted by Crippen LogP contribution is 2.34. The van der Waals surface area contributed by atoms with Crippen molar-refractivity contribution in [3.05, 3.63) is 39.7 Å². The van der Waals surface area contributed by atoms with Gasteiger partial charge < -0.3 is 10.2 Å². The minimum Gasteiger partial charge on any atom is -0.436 e. The van der Waals surface area contributed by atoms with Crippen molar-refractivity contribution in [3.63, 3.8) is 0 Å². The zero-order chi connectivity index (χ0) is 13.1. The molecule has 5 heteroatoms. The van der Waals surface area contributed by atoms with Crippen LogP contribution in [0.3, 0.4) is 0 Å². The third kappa shape index (κ3) is 3.16. The number of benzene rings is 1. The average Bonchev–Trinajstić information content (AvgIpc) is 2.62. The molecule has 0 aliphatic carbocycles. The van der Waals surface area contributed by atoms with E-state index in [0.29, 0.717) is 11.8 Å². The Kier molecular flexibility index (Phi) is 4.48. The van der Waals surface area contributed by atoms with Crippen molar-refractivity contribution in [2.75, 3.05) is 6.54 Å². The van der Waals surface area contributed by atoms with Crippen LogP contribution in [0, 0.1) is 13.8 Å². The predicted octanol–water partition coefficient (Wildman–Crippen LogP) is 3.71. The van der Waals surface area contributed by atoms with Crippen LogP contribution in [0.5, 0.6) is 0 Å². The molecule has 2 aromatic rings.